The van der Waals surface area contributed by atoms with Crippen LogP contribution in [-0.2, 0) is 0 Å². The molecule has 5 heteroatoms. The van der Waals surface area contributed by atoms with Gasteiger partial charge in [0.05, 0.1) is 27.8 Å². The van der Waals surface area contributed by atoms with Gasteiger partial charge in [-0.15, -0.1) is 0 Å². The maximum absolute atomic E-state index is 9.71. The predicted octanol–water partition coefficient (Wildman–Crippen LogP) is 14.8. The second kappa shape index (κ2) is 14.2. The highest BCUT2D eigenvalue weighted by Crippen LogP contribution is 2.51. The van der Waals surface area contributed by atoms with Crippen molar-refractivity contribution < 1.29 is 0 Å². The first-order valence-electron chi connectivity index (χ1n) is 20.5. The van der Waals surface area contributed by atoms with Gasteiger partial charge in [-0.05, 0) is 75.7 Å². The number of fused-ring (bicyclic) bond motifs is 9. The average Bonchev–Trinajstić information content (AvgIpc) is 3.83. The van der Waals surface area contributed by atoms with Gasteiger partial charge in [0.15, 0.2) is 0 Å². The van der Waals surface area contributed by atoms with Crippen molar-refractivity contribution >= 4 is 83.9 Å². The molecule has 1 aliphatic rings. The number of rotatable bonds is 6. The van der Waals surface area contributed by atoms with Crippen molar-refractivity contribution in [3.05, 3.63) is 217 Å². The van der Waals surface area contributed by atoms with Gasteiger partial charge in [-0.3, -0.25) is 15.0 Å². The molecule has 11 aromatic rings. The molecule has 3 heterocycles. The Morgan fingerprint density at radius 3 is 1.93 bits per heavy atom. The van der Waals surface area contributed by atoms with E-state index in [1.165, 1.54) is 48.0 Å². The van der Waals surface area contributed by atoms with Crippen molar-refractivity contribution in [2.45, 2.75) is 9.79 Å². The van der Waals surface area contributed by atoms with Crippen LogP contribution in [0.25, 0.3) is 88.0 Å². The van der Waals surface area contributed by atoms with Gasteiger partial charge in [-0.25, -0.2) is 0 Å². The molecule has 0 amide bonds. The third-order valence-corrected chi connectivity index (χ3v) is 13.1. The van der Waals surface area contributed by atoms with E-state index in [-0.39, 0.29) is 0 Å². The molecule has 2 aromatic heterocycles. The minimum atomic E-state index is 0.339. The van der Waals surface area contributed by atoms with Gasteiger partial charge in [0.1, 0.15) is 5.84 Å². The van der Waals surface area contributed by atoms with Crippen LogP contribution in [0.3, 0.4) is 0 Å². The van der Waals surface area contributed by atoms with Crippen LogP contribution in [0.1, 0.15) is 11.1 Å². The normalized spacial score (nSPS) is 12.6. The Morgan fingerprint density at radius 2 is 1.11 bits per heavy atom. The molecule has 0 radical (unpaired) electrons. The Morgan fingerprint density at radius 1 is 0.475 bits per heavy atom. The zero-order chi connectivity index (χ0) is 40.4. The van der Waals surface area contributed by atoms with Crippen LogP contribution < -0.4 is 0 Å². The lowest BCUT2D eigenvalue weighted by Gasteiger charge is -2.21. The maximum atomic E-state index is 9.71. The molecule has 0 saturated carbocycles. The third kappa shape index (κ3) is 5.77. The lowest BCUT2D eigenvalue weighted by Crippen LogP contribution is -2.08. The van der Waals surface area contributed by atoms with Gasteiger partial charge in [-0.2, -0.15) is 0 Å². The second-order valence-electron chi connectivity index (χ2n) is 15.5. The first-order chi connectivity index (χ1) is 30.2. The first kappa shape index (κ1) is 35.2. The van der Waals surface area contributed by atoms with Crippen LogP contribution >= 0.6 is 11.8 Å². The number of hydrogen-bond acceptors (Lipinski definition) is 3. The fourth-order valence-corrected chi connectivity index (χ4v) is 10.4. The minimum absolute atomic E-state index is 0.339. The SMILES string of the molecule is N=C(/C=C(\N=Cc1ccccc1)c1ccccc1)n1c2ccccc2c2ccc(-c3ccc4c5c6cccc7c6c(cc5n(-c5ccccc5)c4c3)Sc3ccccc3-7)cc21. The van der Waals surface area contributed by atoms with Crippen LogP contribution in [0, 0.1) is 5.41 Å². The Labute approximate surface area is 356 Å². The van der Waals surface area contributed by atoms with E-state index < -0.39 is 0 Å². The predicted molar refractivity (Wildman–Crippen MR) is 258 cm³/mol. The second-order valence-corrected chi connectivity index (χ2v) is 16.6. The number of hydrogen-bond donors (Lipinski definition) is 1. The van der Waals surface area contributed by atoms with Crippen LogP contribution in [-0.4, -0.2) is 21.2 Å². The van der Waals surface area contributed by atoms with E-state index in [0.717, 1.165) is 61.0 Å². The van der Waals surface area contributed by atoms with Crippen LogP contribution in [0.2, 0.25) is 0 Å². The molecule has 286 valence electrons. The summed E-state index contributed by atoms with van der Waals surface area (Å²) in [6.45, 7) is 0. The lowest BCUT2D eigenvalue weighted by atomic mass is 9.94. The molecule has 0 bridgehead atoms. The van der Waals surface area contributed by atoms with Gasteiger partial charge in [0, 0.05) is 60.3 Å². The van der Waals surface area contributed by atoms with Crippen molar-refractivity contribution in [1.29, 1.82) is 5.41 Å². The van der Waals surface area contributed by atoms with E-state index in [0.29, 0.717) is 5.84 Å². The number of nitrogens with one attached hydrogen (secondary N) is 1. The van der Waals surface area contributed by atoms with E-state index >= 15 is 0 Å². The summed E-state index contributed by atoms with van der Waals surface area (Å²) in [5, 5.41) is 17.0. The largest absolute Gasteiger partial charge is 0.309 e. The molecule has 4 nitrogen and oxygen atoms in total. The molecular formula is C56H36N4S. The highest BCUT2D eigenvalue weighted by Gasteiger charge is 2.24. The molecule has 0 saturated heterocycles. The number of nitrogens with zero attached hydrogens (tertiary/aromatic N) is 3. The van der Waals surface area contributed by atoms with Gasteiger partial charge < -0.3 is 4.57 Å². The topological polar surface area (TPSA) is 46.1 Å². The Hall–Kier alpha value is -7.73. The summed E-state index contributed by atoms with van der Waals surface area (Å²) in [5.74, 6) is 0.339. The highest BCUT2D eigenvalue weighted by molar-refractivity contribution is 7.99. The standard InChI is InChI=1S/C56H36N4S/c57-54(33-47(37-17-6-2-7-18-37)58-35-36-15-4-1-5-16-36)60-48-25-12-10-21-41(48)42-29-27-38(31-49(42)60)39-28-30-45-50(32-39)59(40-19-8-3-9-20-40)51-34-53-56-44(23-14-24-46(56)55(45)51)43-22-11-13-26-52(43)61-53/h1-35,57H/b47-33-,57-54?,58-35?. The number of aromatic nitrogens is 2. The fraction of sp³-hybridized carbons (Fsp3) is 0. The molecule has 1 aliphatic heterocycles. The summed E-state index contributed by atoms with van der Waals surface area (Å²) in [7, 11) is 0. The minimum Gasteiger partial charge on any atom is -0.309 e. The zero-order valence-corrected chi connectivity index (χ0v) is 33.8. The number of benzene rings is 9. The monoisotopic (exact) mass is 796 g/mol. The maximum Gasteiger partial charge on any atom is 0.132 e. The summed E-state index contributed by atoms with van der Waals surface area (Å²) < 4.78 is 4.51. The Bertz CT molecular complexity index is 3610. The van der Waals surface area contributed by atoms with E-state index in [9.17, 15) is 5.41 Å². The lowest BCUT2D eigenvalue weighted by molar-refractivity contribution is 1.18. The molecule has 61 heavy (non-hydrogen) atoms. The molecule has 9 aromatic carbocycles. The quantitative estimate of drug-likeness (QED) is 0.132. The summed E-state index contributed by atoms with van der Waals surface area (Å²) in [4.78, 5) is 7.52. The molecular weight excluding hydrogens is 761 g/mol. The van der Waals surface area contributed by atoms with Crippen LogP contribution in [0.5, 0.6) is 0 Å². The van der Waals surface area contributed by atoms with Crippen molar-refractivity contribution in [2.75, 3.05) is 0 Å². The molecule has 1 N–H and O–H groups in total. The Kier molecular flexibility index (Phi) is 8.22. The highest BCUT2D eigenvalue weighted by atomic mass is 32.2. The third-order valence-electron chi connectivity index (χ3n) is 12.0. The molecule has 0 atom stereocenters. The van der Waals surface area contributed by atoms with Crippen molar-refractivity contribution in [3.8, 4) is 27.9 Å². The van der Waals surface area contributed by atoms with Crippen molar-refractivity contribution in [3.63, 3.8) is 0 Å². The molecule has 0 unspecified atom stereocenters. The number of para-hydroxylation sites is 2. The Balaban J connectivity index is 1.05. The van der Waals surface area contributed by atoms with Crippen LogP contribution in [0.4, 0.5) is 0 Å². The summed E-state index contributed by atoms with van der Waals surface area (Å²) in [5.41, 5.74) is 12.9. The summed E-state index contributed by atoms with van der Waals surface area (Å²) in [6.07, 6.45) is 3.75. The first-order valence-corrected chi connectivity index (χ1v) is 21.3. The van der Waals surface area contributed by atoms with Crippen molar-refractivity contribution in [1.82, 2.24) is 9.13 Å². The number of allylic oxidation sites excluding steroid dienone is 1. The average molecular weight is 797 g/mol. The van der Waals surface area contributed by atoms with E-state index in [1.54, 1.807) is 0 Å². The van der Waals surface area contributed by atoms with Gasteiger partial charge >= 0.3 is 0 Å². The molecule has 12 rings (SSSR count). The fourth-order valence-electron chi connectivity index (χ4n) is 9.28. The van der Waals surface area contributed by atoms with Gasteiger partial charge in [0.2, 0.25) is 0 Å². The molecule has 0 fully saturated rings. The summed E-state index contributed by atoms with van der Waals surface area (Å²) >= 11 is 1.87. The molecule has 0 spiro atoms. The van der Waals surface area contributed by atoms with E-state index in [2.05, 4.69) is 143 Å². The van der Waals surface area contributed by atoms with Gasteiger partial charge in [-0.1, -0.05) is 169 Å². The van der Waals surface area contributed by atoms with Gasteiger partial charge in [0.25, 0.3) is 0 Å². The van der Waals surface area contributed by atoms with Crippen LogP contribution in [0.15, 0.2) is 221 Å². The summed E-state index contributed by atoms with van der Waals surface area (Å²) in [6, 6.07) is 70.9. The van der Waals surface area contributed by atoms with E-state index in [1.807, 2.05) is 90.8 Å². The van der Waals surface area contributed by atoms with Crippen molar-refractivity contribution in [2.24, 2.45) is 4.99 Å². The smallest absolute Gasteiger partial charge is 0.132 e. The zero-order valence-electron chi connectivity index (χ0n) is 33.0. The van der Waals surface area contributed by atoms with E-state index in [4.69, 9.17) is 4.99 Å². The number of aliphatic imine (C=N–C) groups is 1. The molecule has 0 aliphatic carbocycles.